The minimum atomic E-state index is 1.06. The van der Waals surface area contributed by atoms with E-state index in [1.54, 1.807) is 0 Å². The quantitative estimate of drug-likeness (QED) is 0.179. The highest BCUT2D eigenvalue weighted by molar-refractivity contribution is 6.31. The van der Waals surface area contributed by atoms with Gasteiger partial charge < -0.3 is 0 Å². The van der Waals surface area contributed by atoms with Gasteiger partial charge in [0.05, 0.1) is 0 Å². The van der Waals surface area contributed by atoms with Gasteiger partial charge in [0.2, 0.25) is 0 Å². The summed E-state index contributed by atoms with van der Waals surface area (Å²) in [5.41, 5.74) is 15.5. The van der Waals surface area contributed by atoms with E-state index >= 15 is 0 Å². The molecule has 0 heterocycles. The summed E-state index contributed by atoms with van der Waals surface area (Å²) in [5.74, 6) is 0. The van der Waals surface area contributed by atoms with Crippen molar-refractivity contribution < 1.29 is 0 Å². The molecule has 0 heteroatoms. The maximum absolute atomic E-state index is 3.98. The lowest BCUT2D eigenvalue weighted by Crippen LogP contribution is -1.97. The summed E-state index contributed by atoms with van der Waals surface area (Å²) in [4.78, 5) is 0. The van der Waals surface area contributed by atoms with Crippen molar-refractivity contribution in [2.45, 2.75) is 33.6 Å². The fourth-order valence-corrected chi connectivity index (χ4v) is 7.21. The van der Waals surface area contributed by atoms with Crippen LogP contribution in [0.25, 0.3) is 77.3 Å². The molecule has 0 fully saturated rings. The molecule has 1 aliphatic rings. The molecule has 0 bridgehead atoms. The van der Waals surface area contributed by atoms with Crippen molar-refractivity contribution in [3.63, 3.8) is 0 Å². The molecule has 0 saturated carbocycles. The normalized spacial score (nSPS) is 13.4. The van der Waals surface area contributed by atoms with E-state index in [9.17, 15) is 0 Å². The number of hydrogen-bond acceptors (Lipinski definition) is 0. The first-order chi connectivity index (χ1) is 22.0. The molecule has 216 valence electrons. The molecule has 0 aliphatic heterocycles. The van der Waals surface area contributed by atoms with Crippen LogP contribution in [0.15, 0.2) is 133 Å². The van der Waals surface area contributed by atoms with E-state index in [0.717, 1.165) is 18.4 Å². The number of hydrogen-bond donors (Lipinski definition) is 0. The minimum Gasteiger partial charge on any atom is -0.0985 e. The van der Waals surface area contributed by atoms with Crippen LogP contribution < -0.4 is 0 Å². The van der Waals surface area contributed by atoms with Gasteiger partial charge in [-0.1, -0.05) is 139 Å². The fourth-order valence-electron chi connectivity index (χ4n) is 7.21. The summed E-state index contributed by atoms with van der Waals surface area (Å²) in [6.07, 6.45) is 8.75. The van der Waals surface area contributed by atoms with E-state index in [1.165, 1.54) is 93.5 Å². The van der Waals surface area contributed by atoms with E-state index in [1.807, 2.05) is 6.08 Å². The Kier molecular flexibility index (Phi) is 6.54. The first-order valence-electron chi connectivity index (χ1n) is 16.0. The van der Waals surface area contributed by atoms with Gasteiger partial charge in [0.25, 0.3) is 0 Å². The summed E-state index contributed by atoms with van der Waals surface area (Å²) in [6, 6.07) is 41.2. The Morgan fingerprint density at radius 3 is 1.31 bits per heavy atom. The first kappa shape index (κ1) is 27.4. The number of benzene rings is 7. The van der Waals surface area contributed by atoms with Gasteiger partial charge in [-0.3, -0.25) is 0 Å². The lowest BCUT2D eigenvalue weighted by atomic mass is 9.81. The first-order valence-corrected chi connectivity index (χ1v) is 16.0. The zero-order valence-electron chi connectivity index (χ0n) is 26.2. The van der Waals surface area contributed by atoms with Gasteiger partial charge in [-0.05, 0) is 128 Å². The van der Waals surface area contributed by atoms with E-state index in [-0.39, 0.29) is 0 Å². The molecule has 7 aromatic rings. The molecule has 0 aromatic heterocycles. The predicted molar refractivity (Wildman–Crippen MR) is 197 cm³/mol. The van der Waals surface area contributed by atoms with Crippen LogP contribution >= 0.6 is 0 Å². The van der Waals surface area contributed by atoms with Crippen molar-refractivity contribution in [2.24, 2.45) is 0 Å². The van der Waals surface area contributed by atoms with Crippen LogP contribution in [0.2, 0.25) is 0 Å². The van der Waals surface area contributed by atoms with E-state index < -0.39 is 0 Å². The van der Waals surface area contributed by atoms with Gasteiger partial charge in [0.15, 0.2) is 0 Å². The van der Waals surface area contributed by atoms with Gasteiger partial charge in [-0.15, -0.1) is 0 Å². The highest BCUT2D eigenvalue weighted by Crippen LogP contribution is 2.48. The second-order valence-electron chi connectivity index (χ2n) is 12.8. The number of aryl methyl sites for hydroxylation is 2. The smallest absolute Gasteiger partial charge is 0.00139 e. The van der Waals surface area contributed by atoms with Crippen molar-refractivity contribution in [2.75, 3.05) is 0 Å². The maximum Gasteiger partial charge on any atom is -0.00139 e. The van der Waals surface area contributed by atoms with Gasteiger partial charge in [-0.25, -0.2) is 0 Å². The highest BCUT2D eigenvalue weighted by Gasteiger charge is 2.21. The van der Waals surface area contributed by atoms with Gasteiger partial charge in [-0.2, -0.15) is 0 Å². The number of allylic oxidation sites excluding steroid dienone is 4. The topological polar surface area (TPSA) is 0 Å². The molecule has 0 atom stereocenters. The van der Waals surface area contributed by atoms with Gasteiger partial charge in [0, 0.05) is 0 Å². The summed E-state index contributed by atoms with van der Waals surface area (Å²) in [7, 11) is 0. The molecule has 0 unspecified atom stereocenters. The molecule has 45 heavy (non-hydrogen) atoms. The molecule has 7 aromatic carbocycles. The van der Waals surface area contributed by atoms with E-state index in [2.05, 4.69) is 149 Å². The van der Waals surface area contributed by atoms with Crippen LogP contribution in [0.3, 0.4) is 0 Å². The lowest BCUT2D eigenvalue weighted by molar-refractivity contribution is 0.978. The molecule has 1 aliphatic carbocycles. The van der Waals surface area contributed by atoms with Crippen LogP contribution in [0.5, 0.6) is 0 Å². The molecule has 8 rings (SSSR count). The Labute approximate surface area is 266 Å². The minimum absolute atomic E-state index is 1.06. The Balaban J connectivity index is 1.54. The molecule has 0 radical (unpaired) electrons. The molecule has 0 amide bonds. The van der Waals surface area contributed by atoms with Crippen LogP contribution in [-0.2, 0) is 0 Å². The Hall–Kier alpha value is -5.20. The second kappa shape index (κ2) is 10.8. The highest BCUT2D eigenvalue weighted by atomic mass is 14.2. The van der Waals surface area contributed by atoms with Crippen LogP contribution in [0, 0.1) is 13.8 Å². The van der Waals surface area contributed by atoms with Crippen LogP contribution in [0.1, 0.15) is 42.0 Å². The Bertz CT molecular complexity index is 2310. The second-order valence-corrected chi connectivity index (χ2v) is 12.8. The molecule has 0 nitrogen and oxygen atoms in total. The van der Waals surface area contributed by atoms with Crippen LogP contribution in [0.4, 0.5) is 0 Å². The van der Waals surface area contributed by atoms with E-state index in [4.69, 9.17) is 0 Å². The third kappa shape index (κ3) is 4.61. The largest absolute Gasteiger partial charge is 0.0985 e. The van der Waals surface area contributed by atoms with E-state index in [0.29, 0.717) is 0 Å². The third-order valence-corrected chi connectivity index (χ3v) is 9.78. The lowest BCUT2D eigenvalue weighted by Gasteiger charge is -2.23. The third-order valence-electron chi connectivity index (χ3n) is 9.78. The van der Waals surface area contributed by atoms with Crippen LogP contribution in [-0.4, -0.2) is 0 Å². The monoisotopic (exact) mass is 576 g/mol. The van der Waals surface area contributed by atoms with Crippen molar-refractivity contribution in [3.05, 3.63) is 156 Å². The average Bonchev–Trinajstić information content (AvgIpc) is 3.08. The zero-order valence-corrected chi connectivity index (χ0v) is 26.2. The molecule has 0 spiro atoms. The fraction of sp³-hybridized carbons (Fsp3) is 0.111. The van der Waals surface area contributed by atoms with Crippen molar-refractivity contribution in [3.8, 4) is 33.4 Å². The average molecular weight is 577 g/mol. The molecule has 0 saturated heterocycles. The van der Waals surface area contributed by atoms with Gasteiger partial charge in [0.1, 0.15) is 0 Å². The van der Waals surface area contributed by atoms with Crippen molar-refractivity contribution in [1.82, 2.24) is 0 Å². The SMILES string of the molecule is C=Cc1ccc(-c2cc(-c3ccc(C)cc3)c3ccc4c(C5=CC=C(C)CC5)cc(-c5ccc(C)cc5)c5ccc2c3c45)cc1. The standard InChI is InChI=1S/C45H36/c1-5-31-12-20-35(21-13-31)43-27-42(34-18-10-30(4)11-19-34)38-23-22-36-40(32-14-6-28(2)7-15-32)26-41(33-16-8-29(3)9-17-33)37-24-25-39(43)45(38)44(36)37/h5-6,8-14,16-27H,1,7,15H2,2-4H3. The Morgan fingerprint density at radius 1 is 0.467 bits per heavy atom. The van der Waals surface area contributed by atoms with Gasteiger partial charge >= 0.3 is 0 Å². The molecular weight excluding hydrogens is 540 g/mol. The maximum atomic E-state index is 3.98. The van der Waals surface area contributed by atoms with Crippen molar-refractivity contribution >= 4 is 44.0 Å². The number of rotatable bonds is 5. The molecule has 0 N–H and O–H groups in total. The van der Waals surface area contributed by atoms with Crippen molar-refractivity contribution in [1.29, 1.82) is 0 Å². The summed E-state index contributed by atoms with van der Waals surface area (Å²) in [6.45, 7) is 10.5. The molecular formula is C45H36. The Morgan fingerprint density at radius 2 is 0.889 bits per heavy atom. The summed E-state index contributed by atoms with van der Waals surface area (Å²) >= 11 is 0. The summed E-state index contributed by atoms with van der Waals surface area (Å²) in [5, 5.41) is 7.97. The summed E-state index contributed by atoms with van der Waals surface area (Å²) < 4.78 is 0. The zero-order chi connectivity index (χ0) is 30.7. The predicted octanol–water partition coefficient (Wildman–Crippen LogP) is 13.0.